The van der Waals surface area contributed by atoms with Crippen LogP contribution in [0.4, 0.5) is 5.82 Å². The summed E-state index contributed by atoms with van der Waals surface area (Å²) in [7, 11) is -0.608. The molecule has 1 aliphatic rings. The summed E-state index contributed by atoms with van der Waals surface area (Å²) in [6, 6.07) is 2.40. The Hall–Kier alpha value is -1.01. The minimum absolute atomic E-state index is 0.396. The van der Waals surface area contributed by atoms with E-state index in [-0.39, 0.29) is 0 Å². The highest BCUT2D eigenvalue weighted by Gasteiger charge is 2.18. The molecular weight excluding hydrogens is 254 g/mol. The van der Waals surface area contributed by atoms with Gasteiger partial charge in [-0.2, -0.15) is 0 Å². The minimum Gasteiger partial charge on any atom is -0.366 e. The van der Waals surface area contributed by atoms with Gasteiger partial charge in [-0.25, -0.2) is 9.97 Å². The number of rotatable bonds is 2. The first kappa shape index (κ1) is 11.1. The average molecular weight is 267 g/mol. The van der Waals surface area contributed by atoms with Crippen molar-refractivity contribution >= 4 is 38.2 Å². The largest absolute Gasteiger partial charge is 0.366 e. The first-order valence-corrected chi connectivity index (χ1v) is 7.99. The zero-order valence-electron chi connectivity index (χ0n) is 9.26. The maximum atomic E-state index is 11.3. The standard InChI is InChI=1S/C11H13N3OS2/c15-17-5-2-8(3-6-17)14-11-10-9(1-4-16-10)12-7-13-11/h1,4,7-8H,2-3,5-6H2,(H,12,13,14). The number of thiophene rings is 1. The lowest BCUT2D eigenvalue weighted by Crippen LogP contribution is -2.29. The summed E-state index contributed by atoms with van der Waals surface area (Å²) in [5, 5.41) is 5.48. The third-order valence-electron chi connectivity index (χ3n) is 2.97. The van der Waals surface area contributed by atoms with E-state index in [0.29, 0.717) is 6.04 Å². The molecule has 17 heavy (non-hydrogen) atoms. The van der Waals surface area contributed by atoms with Crippen LogP contribution in [0, 0.1) is 0 Å². The molecular formula is C11H13N3OS2. The molecule has 0 amide bonds. The Bertz CT molecular complexity index is 544. The first-order valence-electron chi connectivity index (χ1n) is 5.62. The molecule has 4 nitrogen and oxygen atoms in total. The molecule has 2 aromatic rings. The molecule has 0 bridgehead atoms. The minimum atomic E-state index is -0.608. The van der Waals surface area contributed by atoms with Crippen molar-refractivity contribution in [2.45, 2.75) is 18.9 Å². The van der Waals surface area contributed by atoms with Crippen LogP contribution in [0.3, 0.4) is 0 Å². The fourth-order valence-corrected chi connectivity index (χ4v) is 4.12. The highest BCUT2D eigenvalue weighted by Crippen LogP contribution is 2.26. The fourth-order valence-electron chi connectivity index (χ4n) is 2.02. The molecule has 6 heteroatoms. The van der Waals surface area contributed by atoms with Gasteiger partial charge in [0.1, 0.15) is 12.1 Å². The first-order chi connectivity index (χ1) is 8.33. The quantitative estimate of drug-likeness (QED) is 0.904. The van der Waals surface area contributed by atoms with Crippen LogP contribution in [0.25, 0.3) is 10.2 Å². The van der Waals surface area contributed by atoms with Crippen LogP contribution in [0.1, 0.15) is 12.8 Å². The SMILES string of the molecule is O=S1CCC(Nc2ncnc3ccsc23)CC1. The number of hydrogen-bond acceptors (Lipinski definition) is 5. The smallest absolute Gasteiger partial charge is 0.147 e. The molecule has 0 saturated carbocycles. The van der Waals surface area contributed by atoms with Gasteiger partial charge in [0, 0.05) is 28.3 Å². The Morgan fingerprint density at radius 3 is 3.00 bits per heavy atom. The predicted molar refractivity (Wildman–Crippen MR) is 71.9 cm³/mol. The molecule has 1 saturated heterocycles. The second kappa shape index (κ2) is 4.70. The van der Waals surface area contributed by atoms with Crippen LogP contribution in [0.15, 0.2) is 17.8 Å². The maximum absolute atomic E-state index is 11.3. The summed E-state index contributed by atoms with van der Waals surface area (Å²) in [6.45, 7) is 0. The summed E-state index contributed by atoms with van der Waals surface area (Å²) >= 11 is 1.66. The fraction of sp³-hybridized carbons (Fsp3) is 0.455. The van der Waals surface area contributed by atoms with E-state index in [2.05, 4.69) is 15.3 Å². The van der Waals surface area contributed by atoms with E-state index in [9.17, 15) is 4.21 Å². The van der Waals surface area contributed by atoms with E-state index in [0.717, 1.165) is 40.4 Å². The van der Waals surface area contributed by atoms with Gasteiger partial charge < -0.3 is 5.32 Å². The molecule has 1 aliphatic heterocycles. The Balaban J connectivity index is 1.80. The zero-order chi connectivity index (χ0) is 11.7. The molecule has 2 aromatic heterocycles. The van der Waals surface area contributed by atoms with Crippen LogP contribution in [0.2, 0.25) is 0 Å². The Kier molecular flexibility index (Phi) is 3.07. The monoisotopic (exact) mass is 267 g/mol. The maximum Gasteiger partial charge on any atom is 0.147 e. The van der Waals surface area contributed by atoms with Crippen molar-refractivity contribution in [3.8, 4) is 0 Å². The van der Waals surface area contributed by atoms with Crippen LogP contribution in [0.5, 0.6) is 0 Å². The van der Waals surface area contributed by atoms with Crippen LogP contribution in [-0.4, -0.2) is 31.7 Å². The molecule has 90 valence electrons. The number of fused-ring (bicyclic) bond motifs is 1. The number of nitrogens with one attached hydrogen (secondary N) is 1. The third kappa shape index (κ3) is 2.32. The summed E-state index contributed by atoms with van der Waals surface area (Å²) in [4.78, 5) is 8.52. The van der Waals surface area contributed by atoms with Gasteiger partial charge in [-0.05, 0) is 24.3 Å². The van der Waals surface area contributed by atoms with Gasteiger partial charge >= 0.3 is 0 Å². The van der Waals surface area contributed by atoms with Crippen molar-refractivity contribution in [1.29, 1.82) is 0 Å². The lowest BCUT2D eigenvalue weighted by Gasteiger charge is -2.23. The molecule has 1 N–H and O–H groups in total. The van der Waals surface area contributed by atoms with Crippen molar-refractivity contribution in [2.75, 3.05) is 16.8 Å². The highest BCUT2D eigenvalue weighted by atomic mass is 32.2. The third-order valence-corrected chi connectivity index (χ3v) is 5.26. The van der Waals surface area contributed by atoms with E-state index in [1.807, 2.05) is 11.4 Å². The molecule has 0 aliphatic carbocycles. The summed E-state index contributed by atoms with van der Waals surface area (Å²) in [6.07, 6.45) is 3.52. The second-order valence-corrected chi connectivity index (χ2v) is 6.74. The molecule has 0 unspecified atom stereocenters. The molecule has 1 fully saturated rings. The van der Waals surface area contributed by atoms with E-state index >= 15 is 0 Å². The topological polar surface area (TPSA) is 54.9 Å². The van der Waals surface area contributed by atoms with Gasteiger partial charge in [-0.15, -0.1) is 11.3 Å². The second-order valence-electron chi connectivity index (χ2n) is 4.12. The number of aromatic nitrogens is 2. The lowest BCUT2D eigenvalue weighted by molar-refractivity contribution is 0.623. The van der Waals surface area contributed by atoms with E-state index in [1.54, 1.807) is 17.7 Å². The predicted octanol–water partition coefficient (Wildman–Crippen LogP) is 2.01. The highest BCUT2D eigenvalue weighted by molar-refractivity contribution is 7.85. The van der Waals surface area contributed by atoms with Gasteiger partial charge in [0.25, 0.3) is 0 Å². The van der Waals surface area contributed by atoms with Gasteiger partial charge in [0.05, 0.1) is 10.2 Å². The summed E-state index contributed by atoms with van der Waals surface area (Å²) < 4.78 is 12.4. The van der Waals surface area contributed by atoms with Crippen LogP contribution in [-0.2, 0) is 10.8 Å². The Labute approximate surface area is 106 Å². The molecule has 0 radical (unpaired) electrons. The molecule has 0 spiro atoms. The number of anilines is 1. The van der Waals surface area contributed by atoms with Gasteiger partial charge in [-0.3, -0.25) is 4.21 Å². The molecule has 3 rings (SSSR count). The van der Waals surface area contributed by atoms with Crippen LogP contribution >= 0.6 is 11.3 Å². The van der Waals surface area contributed by atoms with E-state index in [1.165, 1.54) is 0 Å². The summed E-state index contributed by atoms with van der Waals surface area (Å²) in [5.74, 6) is 2.52. The molecule has 3 heterocycles. The van der Waals surface area contributed by atoms with Gasteiger partial charge in [-0.1, -0.05) is 0 Å². The Morgan fingerprint density at radius 2 is 2.18 bits per heavy atom. The zero-order valence-corrected chi connectivity index (χ0v) is 10.9. The number of hydrogen-bond donors (Lipinski definition) is 1. The van der Waals surface area contributed by atoms with Gasteiger partial charge in [0.2, 0.25) is 0 Å². The van der Waals surface area contributed by atoms with Crippen molar-refractivity contribution < 1.29 is 4.21 Å². The molecule has 0 atom stereocenters. The number of nitrogens with zero attached hydrogens (tertiary/aromatic N) is 2. The van der Waals surface area contributed by atoms with Gasteiger partial charge in [0.15, 0.2) is 0 Å². The van der Waals surface area contributed by atoms with E-state index < -0.39 is 10.8 Å². The Morgan fingerprint density at radius 1 is 1.35 bits per heavy atom. The molecule has 0 aromatic carbocycles. The summed E-state index contributed by atoms with van der Waals surface area (Å²) in [5.41, 5.74) is 0.992. The van der Waals surface area contributed by atoms with E-state index in [4.69, 9.17) is 0 Å². The van der Waals surface area contributed by atoms with Crippen molar-refractivity contribution in [2.24, 2.45) is 0 Å². The van der Waals surface area contributed by atoms with Crippen molar-refractivity contribution in [1.82, 2.24) is 9.97 Å². The van der Waals surface area contributed by atoms with Crippen molar-refractivity contribution in [3.05, 3.63) is 17.8 Å². The lowest BCUT2D eigenvalue weighted by atomic mass is 10.1. The average Bonchev–Trinajstić information content (AvgIpc) is 2.81. The van der Waals surface area contributed by atoms with Crippen molar-refractivity contribution in [3.63, 3.8) is 0 Å². The normalized spacial score (nSPS) is 24.9. The van der Waals surface area contributed by atoms with Crippen LogP contribution < -0.4 is 5.32 Å².